The van der Waals surface area contributed by atoms with Gasteiger partial charge in [-0.1, -0.05) is 18.2 Å². The first-order valence-corrected chi connectivity index (χ1v) is 7.53. The molecule has 0 saturated heterocycles. The van der Waals surface area contributed by atoms with Crippen LogP contribution in [0, 0.1) is 5.41 Å². The Bertz CT molecular complexity index is 498. The molecule has 1 aromatic carbocycles. The number of anilines is 1. The van der Waals surface area contributed by atoms with Gasteiger partial charge < -0.3 is 15.1 Å². The van der Waals surface area contributed by atoms with Gasteiger partial charge in [-0.15, -0.1) is 0 Å². The van der Waals surface area contributed by atoms with Gasteiger partial charge in [-0.25, -0.2) is 0 Å². The maximum Gasteiger partial charge on any atom is 0.241 e. The van der Waals surface area contributed by atoms with Crippen LogP contribution in [0.4, 0.5) is 5.69 Å². The summed E-state index contributed by atoms with van der Waals surface area (Å²) in [6, 6.07) is 9.33. The summed E-state index contributed by atoms with van der Waals surface area (Å²) in [6.07, 6.45) is 0.859. The summed E-state index contributed by atoms with van der Waals surface area (Å²) in [5, 5.41) is 2.85. The largest absolute Gasteiger partial charge is 0.355 e. The molecule has 2 amide bonds. The molecule has 22 heavy (non-hydrogen) atoms. The number of para-hydroxylation sites is 1. The van der Waals surface area contributed by atoms with Crippen molar-refractivity contribution in [3.8, 4) is 0 Å². The van der Waals surface area contributed by atoms with E-state index in [1.807, 2.05) is 44.4 Å². The SMILES string of the molecule is CN(C)CCCNC(=O)C(C)(C)C(=O)N(C)c1ccccc1. The molecule has 0 radical (unpaired) electrons. The van der Waals surface area contributed by atoms with Gasteiger partial charge >= 0.3 is 0 Å². The third-order valence-electron chi connectivity index (χ3n) is 3.62. The molecule has 122 valence electrons. The van der Waals surface area contributed by atoms with Crippen LogP contribution >= 0.6 is 0 Å². The topological polar surface area (TPSA) is 52.7 Å². The molecular weight excluding hydrogens is 278 g/mol. The lowest BCUT2D eigenvalue weighted by atomic mass is 9.90. The minimum Gasteiger partial charge on any atom is -0.355 e. The van der Waals surface area contributed by atoms with Crippen LogP contribution in [-0.4, -0.2) is 50.9 Å². The Kier molecular flexibility index (Phi) is 6.56. The van der Waals surface area contributed by atoms with Crippen molar-refractivity contribution in [2.24, 2.45) is 5.41 Å². The first-order chi connectivity index (χ1) is 10.3. The van der Waals surface area contributed by atoms with Crippen molar-refractivity contribution in [1.29, 1.82) is 0 Å². The Balaban J connectivity index is 2.63. The Hall–Kier alpha value is -1.88. The monoisotopic (exact) mass is 305 g/mol. The van der Waals surface area contributed by atoms with Crippen LogP contribution in [0.15, 0.2) is 30.3 Å². The minimum atomic E-state index is -1.09. The molecule has 1 N–H and O–H groups in total. The number of nitrogens with one attached hydrogen (secondary N) is 1. The summed E-state index contributed by atoms with van der Waals surface area (Å²) >= 11 is 0. The molecule has 0 atom stereocenters. The van der Waals surface area contributed by atoms with E-state index in [4.69, 9.17) is 0 Å². The van der Waals surface area contributed by atoms with Crippen LogP contribution in [0.3, 0.4) is 0 Å². The molecule has 0 spiro atoms. The Morgan fingerprint density at radius 2 is 1.68 bits per heavy atom. The highest BCUT2D eigenvalue weighted by Crippen LogP contribution is 2.22. The first kappa shape index (κ1) is 18.2. The summed E-state index contributed by atoms with van der Waals surface area (Å²) in [5.74, 6) is -0.456. The van der Waals surface area contributed by atoms with Crippen molar-refractivity contribution in [3.63, 3.8) is 0 Å². The highest BCUT2D eigenvalue weighted by molar-refractivity contribution is 6.10. The van der Waals surface area contributed by atoms with Crippen LogP contribution in [0.1, 0.15) is 20.3 Å². The van der Waals surface area contributed by atoms with Crippen molar-refractivity contribution >= 4 is 17.5 Å². The fourth-order valence-electron chi connectivity index (χ4n) is 2.10. The van der Waals surface area contributed by atoms with E-state index in [0.29, 0.717) is 6.54 Å². The van der Waals surface area contributed by atoms with Crippen molar-refractivity contribution in [2.75, 3.05) is 39.1 Å². The van der Waals surface area contributed by atoms with Gasteiger partial charge in [0.05, 0.1) is 0 Å². The number of nitrogens with zero attached hydrogens (tertiary/aromatic N) is 2. The molecule has 0 unspecified atom stereocenters. The number of benzene rings is 1. The third-order valence-corrected chi connectivity index (χ3v) is 3.62. The third kappa shape index (κ3) is 4.84. The lowest BCUT2D eigenvalue weighted by molar-refractivity contribution is -0.139. The Morgan fingerprint density at radius 1 is 1.09 bits per heavy atom. The summed E-state index contributed by atoms with van der Waals surface area (Å²) in [6.45, 7) is 4.80. The van der Waals surface area contributed by atoms with E-state index in [1.54, 1.807) is 20.9 Å². The van der Waals surface area contributed by atoms with Crippen molar-refractivity contribution in [1.82, 2.24) is 10.2 Å². The van der Waals surface area contributed by atoms with Gasteiger partial charge in [0.1, 0.15) is 5.41 Å². The van der Waals surface area contributed by atoms with Crippen molar-refractivity contribution < 1.29 is 9.59 Å². The molecule has 0 fully saturated rings. The van der Waals surface area contributed by atoms with Crippen LogP contribution in [0.2, 0.25) is 0 Å². The minimum absolute atomic E-state index is 0.219. The molecular formula is C17H27N3O2. The highest BCUT2D eigenvalue weighted by atomic mass is 16.2. The normalized spacial score (nSPS) is 11.4. The number of rotatable bonds is 7. The summed E-state index contributed by atoms with van der Waals surface area (Å²) in [5.41, 5.74) is -0.316. The van der Waals surface area contributed by atoms with Gasteiger partial charge in [-0.2, -0.15) is 0 Å². The molecule has 1 aromatic rings. The summed E-state index contributed by atoms with van der Waals surface area (Å²) in [7, 11) is 5.67. The second kappa shape index (κ2) is 7.94. The fourth-order valence-corrected chi connectivity index (χ4v) is 2.10. The molecule has 0 bridgehead atoms. The average molecular weight is 305 g/mol. The molecule has 0 aromatic heterocycles. The molecule has 0 saturated carbocycles. The molecule has 0 heterocycles. The van der Waals surface area contributed by atoms with Gasteiger partial charge in [0, 0.05) is 19.3 Å². The highest BCUT2D eigenvalue weighted by Gasteiger charge is 2.38. The molecule has 0 aliphatic heterocycles. The van der Waals surface area contributed by atoms with Crippen LogP contribution in [-0.2, 0) is 9.59 Å². The zero-order valence-corrected chi connectivity index (χ0v) is 14.2. The number of amides is 2. The predicted molar refractivity (Wildman–Crippen MR) is 89.8 cm³/mol. The lowest BCUT2D eigenvalue weighted by Gasteiger charge is -2.28. The van der Waals surface area contributed by atoms with E-state index in [2.05, 4.69) is 10.2 Å². The van der Waals surface area contributed by atoms with Gasteiger partial charge in [0.25, 0.3) is 0 Å². The van der Waals surface area contributed by atoms with E-state index in [0.717, 1.165) is 18.7 Å². The molecule has 5 nitrogen and oxygen atoms in total. The molecule has 0 aliphatic carbocycles. The standard InChI is InChI=1S/C17H27N3O2/c1-17(2,15(21)18-12-9-13-19(3)4)16(22)20(5)14-10-7-6-8-11-14/h6-8,10-11H,9,12-13H2,1-5H3,(H,18,21). The number of carbonyl (C=O) groups excluding carboxylic acids is 2. The predicted octanol–water partition coefficient (Wildman–Crippen LogP) is 1.74. The zero-order valence-electron chi connectivity index (χ0n) is 14.2. The smallest absolute Gasteiger partial charge is 0.241 e. The maximum absolute atomic E-state index is 12.6. The summed E-state index contributed by atoms with van der Waals surface area (Å²) in [4.78, 5) is 28.5. The zero-order chi connectivity index (χ0) is 16.8. The Labute approximate surface area is 133 Å². The maximum atomic E-state index is 12.6. The van der Waals surface area contributed by atoms with Crippen LogP contribution in [0.5, 0.6) is 0 Å². The number of carbonyl (C=O) groups is 2. The van der Waals surface area contributed by atoms with Crippen LogP contribution < -0.4 is 10.2 Å². The van der Waals surface area contributed by atoms with Gasteiger partial charge in [-0.3, -0.25) is 9.59 Å². The van der Waals surface area contributed by atoms with E-state index >= 15 is 0 Å². The van der Waals surface area contributed by atoms with E-state index in [-0.39, 0.29) is 11.8 Å². The van der Waals surface area contributed by atoms with E-state index in [1.165, 1.54) is 4.90 Å². The van der Waals surface area contributed by atoms with E-state index < -0.39 is 5.41 Å². The number of hydrogen-bond donors (Lipinski definition) is 1. The number of hydrogen-bond acceptors (Lipinski definition) is 3. The van der Waals surface area contributed by atoms with Crippen molar-refractivity contribution in [2.45, 2.75) is 20.3 Å². The fraction of sp³-hybridized carbons (Fsp3) is 0.529. The van der Waals surface area contributed by atoms with Gasteiger partial charge in [-0.05, 0) is 53.0 Å². The van der Waals surface area contributed by atoms with Crippen molar-refractivity contribution in [3.05, 3.63) is 30.3 Å². The van der Waals surface area contributed by atoms with Gasteiger partial charge in [0.15, 0.2) is 0 Å². The van der Waals surface area contributed by atoms with Crippen LogP contribution in [0.25, 0.3) is 0 Å². The first-order valence-electron chi connectivity index (χ1n) is 7.53. The molecule has 0 aliphatic rings. The summed E-state index contributed by atoms with van der Waals surface area (Å²) < 4.78 is 0. The van der Waals surface area contributed by atoms with Gasteiger partial charge in [0.2, 0.25) is 11.8 Å². The molecule has 5 heteroatoms. The Morgan fingerprint density at radius 3 is 2.23 bits per heavy atom. The second-order valence-electron chi connectivity index (χ2n) is 6.24. The van der Waals surface area contributed by atoms with E-state index in [9.17, 15) is 9.59 Å². The lowest BCUT2D eigenvalue weighted by Crippen LogP contribution is -2.49. The quantitative estimate of drug-likeness (QED) is 0.617. The second-order valence-corrected chi connectivity index (χ2v) is 6.24. The molecule has 1 rings (SSSR count). The average Bonchev–Trinajstić information content (AvgIpc) is 2.50.